The molecule has 2 heterocycles. The molecule has 0 unspecified atom stereocenters. The number of nitrogens with zero attached hydrogens (tertiary/aromatic N) is 2. The van der Waals surface area contributed by atoms with E-state index in [1.54, 1.807) is 48.1 Å². The number of thioether (sulfide) groups is 1. The fourth-order valence-corrected chi connectivity index (χ4v) is 4.74. The van der Waals surface area contributed by atoms with Crippen LogP contribution in [0.4, 0.5) is 0 Å². The Morgan fingerprint density at radius 1 is 1.25 bits per heavy atom. The molecule has 0 bridgehead atoms. The van der Waals surface area contributed by atoms with Crippen LogP contribution in [0.5, 0.6) is 11.5 Å². The van der Waals surface area contributed by atoms with Crippen LogP contribution in [0.1, 0.15) is 23.2 Å². The van der Waals surface area contributed by atoms with Gasteiger partial charge >= 0.3 is 0 Å². The summed E-state index contributed by atoms with van der Waals surface area (Å²) < 4.78 is 17.9. The molecule has 3 aromatic rings. The van der Waals surface area contributed by atoms with Gasteiger partial charge in [-0.3, -0.25) is 14.2 Å². The van der Waals surface area contributed by atoms with Gasteiger partial charge in [-0.05, 0) is 49.2 Å². The first-order valence-corrected chi connectivity index (χ1v) is 11.6. The van der Waals surface area contributed by atoms with E-state index < -0.39 is 0 Å². The van der Waals surface area contributed by atoms with E-state index in [-0.39, 0.29) is 23.2 Å². The first kappa shape index (κ1) is 22.6. The molecule has 7 nitrogen and oxygen atoms in total. The molecule has 1 atom stereocenters. The summed E-state index contributed by atoms with van der Waals surface area (Å²) in [7, 11) is 3.05. The number of Topliss-reactive ketones (excluding diaryl/α,β-unsaturated/α-hetero) is 1. The molecule has 0 N–H and O–H groups in total. The number of fused-ring (bicyclic) bond motifs is 1. The molecule has 32 heavy (non-hydrogen) atoms. The van der Waals surface area contributed by atoms with E-state index in [0.717, 1.165) is 12.8 Å². The van der Waals surface area contributed by atoms with Gasteiger partial charge in [-0.2, -0.15) is 0 Å². The number of hydrogen-bond donors (Lipinski definition) is 0. The summed E-state index contributed by atoms with van der Waals surface area (Å²) >= 11 is 7.32. The molecule has 1 saturated heterocycles. The number of hydrogen-bond acceptors (Lipinski definition) is 7. The molecule has 1 aliphatic heterocycles. The van der Waals surface area contributed by atoms with Crippen LogP contribution in [0.3, 0.4) is 0 Å². The zero-order valence-electron chi connectivity index (χ0n) is 17.8. The van der Waals surface area contributed by atoms with Crippen molar-refractivity contribution in [1.29, 1.82) is 0 Å². The maximum absolute atomic E-state index is 13.2. The Bertz CT molecular complexity index is 1210. The molecule has 0 aliphatic carbocycles. The van der Waals surface area contributed by atoms with E-state index in [4.69, 9.17) is 25.8 Å². The molecular formula is C23H23ClN2O5S. The Hall–Kier alpha value is -2.55. The van der Waals surface area contributed by atoms with Crippen molar-refractivity contribution < 1.29 is 19.0 Å². The molecule has 0 radical (unpaired) electrons. The molecule has 1 aliphatic rings. The standard InChI is InChI=1S/C23H23ClN2O5S/c1-29-15-6-8-21(30-2)18(11-15)20(27)13-32-23-25-19-10-14(24)5-7-17(19)22(28)26(23)12-16-4-3-9-31-16/h5-8,10-11,16H,3-4,9,12-13H2,1-2H3/t16-/m0/s1. The summed E-state index contributed by atoms with van der Waals surface area (Å²) in [5, 5.41) is 1.43. The quantitative estimate of drug-likeness (QED) is 0.274. The second-order valence-corrected chi connectivity index (χ2v) is 8.76. The minimum atomic E-state index is -0.170. The van der Waals surface area contributed by atoms with E-state index >= 15 is 0 Å². The van der Waals surface area contributed by atoms with E-state index in [9.17, 15) is 9.59 Å². The maximum Gasteiger partial charge on any atom is 0.262 e. The highest BCUT2D eigenvalue weighted by atomic mass is 35.5. The van der Waals surface area contributed by atoms with Crippen LogP contribution < -0.4 is 15.0 Å². The smallest absolute Gasteiger partial charge is 0.262 e. The zero-order chi connectivity index (χ0) is 22.7. The van der Waals surface area contributed by atoms with Crippen LogP contribution in [0.15, 0.2) is 46.3 Å². The van der Waals surface area contributed by atoms with Gasteiger partial charge in [0.1, 0.15) is 11.5 Å². The lowest BCUT2D eigenvalue weighted by Gasteiger charge is -2.16. The van der Waals surface area contributed by atoms with Gasteiger partial charge in [0.05, 0.1) is 49.1 Å². The molecule has 168 valence electrons. The minimum Gasteiger partial charge on any atom is -0.497 e. The van der Waals surface area contributed by atoms with E-state index in [1.807, 2.05) is 0 Å². The molecule has 9 heteroatoms. The predicted molar refractivity (Wildman–Crippen MR) is 125 cm³/mol. The lowest BCUT2D eigenvalue weighted by molar-refractivity contribution is 0.0937. The second kappa shape index (κ2) is 9.94. The van der Waals surface area contributed by atoms with Gasteiger partial charge in [-0.15, -0.1) is 0 Å². The number of rotatable bonds is 8. The van der Waals surface area contributed by atoms with Crippen LogP contribution in [0.25, 0.3) is 10.9 Å². The van der Waals surface area contributed by atoms with Crippen molar-refractivity contribution in [2.24, 2.45) is 0 Å². The topological polar surface area (TPSA) is 79.7 Å². The largest absolute Gasteiger partial charge is 0.497 e. The van der Waals surface area contributed by atoms with E-state index in [0.29, 0.717) is 51.3 Å². The molecule has 1 fully saturated rings. The van der Waals surface area contributed by atoms with Crippen molar-refractivity contribution in [2.75, 3.05) is 26.6 Å². The highest BCUT2D eigenvalue weighted by molar-refractivity contribution is 7.99. The van der Waals surface area contributed by atoms with Gasteiger partial charge in [0.15, 0.2) is 10.9 Å². The maximum atomic E-state index is 13.2. The van der Waals surface area contributed by atoms with Gasteiger partial charge in [0, 0.05) is 11.6 Å². The Morgan fingerprint density at radius 3 is 2.81 bits per heavy atom. The van der Waals surface area contributed by atoms with E-state index in [1.165, 1.54) is 18.9 Å². The summed E-state index contributed by atoms with van der Waals surface area (Å²) in [5.74, 6) is 0.947. The lowest BCUT2D eigenvalue weighted by atomic mass is 10.1. The van der Waals surface area contributed by atoms with Crippen molar-refractivity contribution in [3.8, 4) is 11.5 Å². The Kier molecular flexibility index (Phi) is 7.03. The van der Waals surface area contributed by atoms with Crippen molar-refractivity contribution in [1.82, 2.24) is 9.55 Å². The summed E-state index contributed by atoms with van der Waals surface area (Å²) in [4.78, 5) is 30.9. The minimum absolute atomic E-state index is 0.0484. The van der Waals surface area contributed by atoms with Gasteiger partial charge in [0.2, 0.25) is 0 Å². The molecule has 2 aromatic carbocycles. The third-order valence-electron chi connectivity index (χ3n) is 5.33. The SMILES string of the molecule is COc1ccc(OC)c(C(=O)CSc2nc3cc(Cl)ccc3c(=O)n2C[C@@H]2CCCO2)c1. The van der Waals surface area contributed by atoms with Crippen molar-refractivity contribution in [3.63, 3.8) is 0 Å². The second-order valence-electron chi connectivity index (χ2n) is 7.38. The van der Waals surface area contributed by atoms with Crippen LogP contribution >= 0.6 is 23.4 Å². The molecule has 0 amide bonds. The third-order valence-corrected chi connectivity index (χ3v) is 6.54. The van der Waals surface area contributed by atoms with Crippen LogP contribution in [0, 0.1) is 0 Å². The fraction of sp³-hybridized carbons (Fsp3) is 0.348. The number of methoxy groups -OCH3 is 2. The third kappa shape index (κ3) is 4.77. The molecule has 0 saturated carbocycles. The highest BCUT2D eigenvalue weighted by Gasteiger charge is 2.22. The fourth-order valence-electron chi connectivity index (χ4n) is 3.68. The Labute approximate surface area is 194 Å². The number of benzene rings is 2. The van der Waals surface area contributed by atoms with Crippen molar-refractivity contribution in [2.45, 2.75) is 30.6 Å². The van der Waals surface area contributed by atoms with Gasteiger partial charge in [0.25, 0.3) is 5.56 Å². The van der Waals surface area contributed by atoms with Crippen LogP contribution in [-0.2, 0) is 11.3 Å². The zero-order valence-corrected chi connectivity index (χ0v) is 19.4. The number of ketones is 1. The first-order valence-electron chi connectivity index (χ1n) is 10.2. The van der Waals surface area contributed by atoms with Crippen molar-refractivity contribution >= 4 is 40.0 Å². The van der Waals surface area contributed by atoms with Crippen LogP contribution in [0.2, 0.25) is 5.02 Å². The van der Waals surface area contributed by atoms with Gasteiger partial charge < -0.3 is 14.2 Å². The number of ether oxygens (including phenoxy) is 3. The van der Waals surface area contributed by atoms with Gasteiger partial charge in [-0.1, -0.05) is 23.4 Å². The van der Waals surface area contributed by atoms with Gasteiger partial charge in [-0.25, -0.2) is 4.98 Å². The van der Waals surface area contributed by atoms with Crippen LogP contribution in [-0.4, -0.2) is 48.0 Å². The van der Waals surface area contributed by atoms with E-state index in [2.05, 4.69) is 4.98 Å². The lowest BCUT2D eigenvalue weighted by Crippen LogP contribution is -2.29. The normalized spacial score (nSPS) is 15.8. The summed E-state index contributed by atoms with van der Waals surface area (Å²) in [6.45, 7) is 1.08. The average molecular weight is 475 g/mol. The predicted octanol–water partition coefficient (Wildman–Crippen LogP) is 4.22. The summed E-state index contributed by atoms with van der Waals surface area (Å²) in [6.07, 6.45) is 1.80. The monoisotopic (exact) mass is 474 g/mol. The molecule has 4 rings (SSSR count). The molecule has 0 spiro atoms. The summed E-state index contributed by atoms with van der Waals surface area (Å²) in [5.41, 5.74) is 0.743. The Morgan fingerprint density at radius 2 is 2.09 bits per heavy atom. The summed E-state index contributed by atoms with van der Waals surface area (Å²) in [6, 6.07) is 10.1. The molecular weight excluding hydrogens is 452 g/mol. The number of halogens is 1. The number of carbonyl (C=O) groups is 1. The number of carbonyl (C=O) groups excluding carboxylic acids is 1. The first-order chi connectivity index (χ1) is 15.5. The molecule has 1 aromatic heterocycles. The average Bonchev–Trinajstić information content (AvgIpc) is 3.32. The number of aromatic nitrogens is 2. The van der Waals surface area contributed by atoms with Crippen molar-refractivity contribution in [3.05, 3.63) is 57.3 Å². The Balaban J connectivity index is 1.67. The highest BCUT2D eigenvalue weighted by Crippen LogP contribution is 2.28.